The fraction of sp³-hybridized carbons (Fsp3) is 0.650. The van der Waals surface area contributed by atoms with Crippen molar-refractivity contribution in [3.8, 4) is 0 Å². The molecule has 3 fully saturated rings. The molecule has 0 spiro atoms. The minimum absolute atomic E-state index is 0.0370. The van der Waals surface area contributed by atoms with E-state index in [9.17, 15) is 4.79 Å². The second-order valence-electron chi connectivity index (χ2n) is 8.06. The molecule has 0 radical (unpaired) electrons. The molecule has 0 unspecified atom stereocenters. The predicted octanol–water partition coefficient (Wildman–Crippen LogP) is 3.11. The average molecular weight is 362 g/mol. The van der Waals surface area contributed by atoms with Gasteiger partial charge in [-0.2, -0.15) is 0 Å². The maximum absolute atomic E-state index is 12.9. The van der Waals surface area contributed by atoms with Gasteiger partial charge in [-0.25, -0.2) is 0 Å². The van der Waals surface area contributed by atoms with Crippen LogP contribution >= 0.6 is 11.6 Å². The molecule has 1 aromatic carbocycles. The zero-order chi connectivity index (χ0) is 17.4. The van der Waals surface area contributed by atoms with Crippen molar-refractivity contribution >= 4 is 23.2 Å². The van der Waals surface area contributed by atoms with Crippen LogP contribution in [0.3, 0.4) is 0 Å². The third-order valence-corrected chi connectivity index (χ3v) is 6.23. The Morgan fingerprint density at radius 3 is 2.60 bits per heavy atom. The van der Waals surface area contributed by atoms with Crippen molar-refractivity contribution in [2.24, 2.45) is 11.8 Å². The highest BCUT2D eigenvalue weighted by Crippen LogP contribution is 2.33. The molecule has 2 heterocycles. The number of amides is 1. The van der Waals surface area contributed by atoms with Crippen LogP contribution in [0.4, 0.5) is 5.69 Å². The van der Waals surface area contributed by atoms with E-state index in [1.165, 1.54) is 32.4 Å². The van der Waals surface area contributed by atoms with Crippen molar-refractivity contribution in [3.05, 3.63) is 29.3 Å². The Kier molecular flexibility index (Phi) is 5.03. The molecule has 0 aromatic heterocycles. The number of anilines is 1. The molecule has 3 aliphatic rings. The van der Waals surface area contributed by atoms with Gasteiger partial charge in [0.2, 0.25) is 5.91 Å². The standard InChI is InChI=1S/C20H28ClN3O/c1-22(12-15-6-7-15)13-16-8-10-23(14-16)19-9-11-24(20(19)25)18-5-3-2-4-17(18)21/h2-5,15-16,19H,6-14H2,1H3/t16-,19+/m1/s1. The first-order valence-corrected chi connectivity index (χ1v) is 9.98. The summed E-state index contributed by atoms with van der Waals surface area (Å²) in [6.45, 7) is 5.30. The molecule has 0 N–H and O–H groups in total. The fourth-order valence-corrected chi connectivity index (χ4v) is 4.70. The van der Waals surface area contributed by atoms with Gasteiger partial charge in [0.05, 0.1) is 16.8 Å². The largest absolute Gasteiger partial charge is 0.310 e. The highest BCUT2D eigenvalue weighted by molar-refractivity contribution is 6.33. The van der Waals surface area contributed by atoms with Gasteiger partial charge >= 0.3 is 0 Å². The zero-order valence-electron chi connectivity index (χ0n) is 15.0. The number of hydrogen-bond donors (Lipinski definition) is 0. The molecule has 1 aliphatic carbocycles. The van der Waals surface area contributed by atoms with Crippen LogP contribution < -0.4 is 4.90 Å². The van der Waals surface area contributed by atoms with Gasteiger partial charge in [-0.1, -0.05) is 23.7 Å². The minimum Gasteiger partial charge on any atom is -0.310 e. The summed E-state index contributed by atoms with van der Waals surface area (Å²) in [5, 5.41) is 0.664. The van der Waals surface area contributed by atoms with Crippen LogP contribution in [0.1, 0.15) is 25.7 Å². The molecule has 0 bridgehead atoms. The van der Waals surface area contributed by atoms with Crippen LogP contribution in [0.5, 0.6) is 0 Å². The maximum atomic E-state index is 12.9. The van der Waals surface area contributed by atoms with Gasteiger partial charge in [0, 0.05) is 26.2 Å². The van der Waals surface area contributed by atoms with Gasteiger partial charge in [-0.15, -0.1) is 0 Å². The Labute approximate surface area is 155 Å². The van der Waals surface area contributed by atoms with Crippen LogP contribution in [0.25, 0.3) is 0 Å². The highest BCUT2D eigenvalue weighted by atomic mass is 35.5. The molecule has 4 nitrogen and oxygen atoms in total. The summed E-state index contributed by atoms with van der Waals surface area (Å²) in [5.41, 5.74) is 0.858. The van der Waals surface area contributed by atoms with Crippen LogP contribution in [0.15, 0.2) is 24.3 Å². The monoisotopic (exact) mass is 361 g/mol. The third kappa shape index (κ3) is 3.86. The molecule has 5 heteroatoms. The molecule has 1 amide bonds. The first-order chi connectivity index (χ1) is 12.1. The molecule has 2 aliphatic heterocycles. The number of halogens is 1. The molecule has 136 valence electrons. The van der Waals surface area contributed by atoms with Gasteiger partial charge in [0.25, 0.3) is 0 Å². The Balaban J connectivity index is 1.33. The minimum atomic E-state index is 0.0370. The zero-order valence-corrected chi connectivity index (χ0v) is 15.8. The van der Waals surface area contributed by atoms with E-state index >= 15 is 0 Å². The van der Waals surface area contributed by atoms with Gasteiger partial charge < -0.3 is 9.80 Å². The maximum Gasteiger partial charge on any atom is 0.244 e. The molecular weight excluding hydrogens is 334 g/mol. The molecule has 4 rings (SSSR count). The number of likely N-dealkylation sites (tertiary alicyclic amines) is 1. The van der Waals surface area contributed by atoms with E-state index in [1.807, 2.05) is 29.2 Å². The first kappa shape index (κ1) is 17.3. The fourth-order valence-electron chi connectivity index (χ4n) is 4.46. The van der Waals surface area contributed by atoms with E-state index in [0.717, 1.165) is 37.7 Å². The molecule has 25 heavy (non-hydrogen) atoms. The Morgan fingerprint density at radius 2 is 1.84 bits per heavy atom. The van der Waals surface area contributed by atoms with Crippen molar-refractivity contribution < 1.29 is 4.79 Å². The Hall–Kier alpha value is -1.10. The van der Waals surface area contributed by atoms with E-state index in [4.69, 9.17) is 11.6 Å². The van der Waals surface area contributed by atoms with Gasteiger partial charge in [-0.05, 0) is 63.2 Å². The summed E-state index contributed by atoms with van der Waals surface area (Å²) in [4.78, 5) is 19.7. The van der Waals surface area contributed by atoms with Crippen molar-refractivity contribution in [2.45, 2.75) is 31.7 Å². The van der Waals surface area contributed by atoms with Crippen LogP contribution in [-0.2, 0) is 4.79 Å². The summed E-state index contributed by atoms with van der Waals surface area (Å²) in [6.07, 6.45) is 4.95. The average Bonchev–Trinajstić information content (AvgIpc) is 3.14. The van der Waals surface area contributed by atoms with Crippen LogP contribution in [0, 0.1) is 11.8 Å². The molecular formula is C20H28ClN3O. The highest BCUT2D eigenvalue weighted by Gasteiger charge is 2.40. The van der Waals surface area contributed by atoms with Crippen LogP contribution in [-0.4, -0.2) is 61.5 Å². The van der Waals surface area contributed by atoms with E-state index in [1.54, 1.807) is 0 Å². The Morgan fingerprint density at radius 1 is 1.08 bits per heavy atom. The second kappa shape index (κ2) is 7.26. The van der Waals surface area contributed by atoms with Gasteiger partial charge in [0.15, 0.2) is 0 Å². The number of carbonyl (C=O) groups excluding carboxylic acids is 1. The lowest BCUT2D eigenvalue weighted by Gasteiger charge is -2.25. The number of benzene rings is 1. The van der Waals surface area contributed by atoms with Crippen molar-refractivity contribution in [1.29, 1.82) is 0 Å². The number of nitrogens with zero attached hydrogens (tertiary/aromatic N) is 3. The number of rotatable bonds is 6. The van der Waals surface area contributed by atoms with E-state index in [-0.39, 0.29) is 11.9 Å². The second-order valence-corrected chi connectivity index (χ2v) is 8.47. The molecule has 2 saturated heterocycles. The first-order valence-electron chi connectivity index (χ1n) is 9.60. The SMILES string of the molecule is CN(CC1CC1)C[C@H]1CCN([C@H]2CCN(c3ccccc3Cl)C2=O)C1. The molecule has 1 aromatic rings. The topological polar surface area (TPSA) is 26.8 Å². The lowest BCUT2D eigenvalue weighted by Crippen LogP contribution is -2.41. The number of para-hydroxylation sites is 1. The summed E-state index contributed by atoms with van der Waals surface area (Å²) in [5.74, 6) is 1.87. The summed E-state index contributed by atoms with van der Waals surface area (Å²) in [6, 6.07) is 7.70. The van der Waals surface area contributed by atoms with E-state index in [2.05, 4.69) is 16.8 Å². The summed E-state index contributed by atoms with van der Waals surface area (Å²) < 4.78 is 0. The Bertz CT molecular complexity index is 633. The molecule has 2 atom stereocenters. The van der Waals surface area contributed by atoms with Gasteiger partial charge in [-0.3, -0.25) is 9.69 Å². The lowest BCUT2D eigenvalue weighted by atomic mass is 10.1. The third-order valence-electron chi connectivity index (χ3n) is 5.92. The smallest absolute Gasteiger partial charge is 0.244 e. The van der Waals surface area contributed by atoms with Gasteiger partial charge in [0.1, 0.15) is 0 Å². The van der Waals surface area contributed by atoms with Crippen molar-refractivity contribution in [1.82, 2.24) is 9.80 Å². The van der Waals surface area contributed by atoms with E-state index < -0.39 is 0 Å². The predicted molar refractivity (Wildman–Crippen MR) is 102 cm³/mol. The summed E-state index contributed by atoms with van der Waals surface area (Å²) in [7, 11) is 2.25. The summed E-state index contributed by atoms with van der Waals surface area (Å²) >= 11 is 6.29. The quantitative estimate of drug-likeness (QED) is 0.779. The van der Waals surface area contributed by atoms with Crippen molar-refractivity contribution in [2.75, 3.05) is 44.7 Å². The normalized spacial score (nSPS) is 27.6. The van der Waals surface area contributed by atoms with Crippen molar-refractivity contribution in [3.63, 3.8) is 0 Å². The van der Waals surface area contributed by atoms with Crippen LogP contribution in [0.2, 0.25) is 5.02 Å². The molecule has 1 saturated carbocycles. The van der Waals surface area contributed by atoms with E-state index in [0.29, 0.717) is 10.9 Å². The number of hydrogen-bond acceptors (Lipinski definition) is 3. The lowest BCUT2D eigenvalue weighted by molar-refractivity contribution is -0.121. The number of carbonyl (C=O) groups is 1.